The molecule has 1 saturated heterocycles. The number of nitrogens with one attached hydrogen (secondary N) is 1. The van der Waals surface area contributed by atoms with Crippen molar-refractivity contribution >= 4 is 0 Å². The van der Waals surface area contributed by atoms with E-state index in [1.165, 1.54) is 32.5 Å². The first-order chi connectivity index (χ1) is 6.93. The van der Waals surface area contributed by atoms with E-state index in [4.69, 9.17) is 4.74 Å². The smallest absolute Gasteiger partial charge is 0.0590 e. The Kier molecular flexibility index (Phi) is 7.01. The van der Waals surface area contributed by atoms with Crippen LogP contribution in [-0.4, -0.2) is 50.8 Å². The topological polar surface area (TPSA) is 24.5 Å². The summed E-state index contributed by atoms with van der Waals surface area (Å²) in [7, 11) is 0. The van der Waals surface area contributed by atoms with Crippen LogP contribution in [0.1, 0.15) is 26.2 Å². The molecule has 1 aliphatic rings. The number of likely N-dealkylation sites (tertiary alicyclic amines) is 1. The van der Waals surface area contributed by atoms with Crippen molar-refractivity contribution in [2.45, 2.75) is 26.2 Å². The van der Waals surface area contributed by atoms with Gasteiger partial charge in [0.15, 0.2) is 0 Å². The predicted octanol–water partition coefficient (Wildman–Crippen LogP) is 1.10. The molecule has 0 spiro atoms. The van der Waals surface area contributed by atoms with E-state index in [0.717, 1.165) is 32.7 Å². The van der Waals surface area contributed by atoms with Crippen molar-refractivity contribution in [2.75, 3.05) is 45.9 Å². The quantitative estimate of drug-likeness (QED) is 0.594. The number of rotatable bonds is 8. The average molecular weight is 200 g/mol. The van der Waals surface area contributed by atoms with Crippen molar-refractivity contribution in [3.63, 3.8) is 0 Å². The third kappa shape index (κ3) is 5.58. The first-order valence-electron chi connectivity index (χ1n) is 5.94. The molecule has 1 N–H and O–H groups in total. The van der Waals surface area contributed by atoms with Crippen molar-refractivity contribution < 1.29 is 4.74 Å². The van der Waals surface area contributed by atoms with E-state index in [1.54, 1.807) is 0 Å². The van der Waals surface area contributed by atoms with Crippen molar-refractivity contribution in [1.82, 2.24) is 10.2 Å². The highest BCUT2D eigenvalue weighted by atomic mass is 16.5. The lowest BCUT2D eigenvalue weighted by atomic mass is 10.4. The number of nitrogens with zero attached hydrogens (tertiary/aromatic N) is 1. The number of ether oxygens (including phenoxy) is 1. The fraction of sp³-hybridized carbons (Fsp3) is 1.00. The molecule has 1 rings (SSSR count). The highest BCUT2D eigenvalue weighted by molar-refractivity contribution is 4.66. The molecule has 1 fully saturated rings. The minimum atomic E-state index is 0.855. The molecule has 0 aromatic carbocycles. The molecule has 84 valence electrons. The van der Waals surface area contributed by atoms with Crippen LogP contribution in [0.4, 0.5) is 0 Å². The Hall–Kier alpha value is -0.120. The van der Waals surface area contributed by atoms with Gasteiger partial charge in [-0.3, -0.25) is 0 Å². The zero-order valence-corrected chi connectivity index (χ0v) is 9.43. The van der Waals surface area contributed by atoms with Gasteiger partial charge >= 0.3 is 0 Å². The lowest BCUT2D eigenvalue weighted by Crippen LogP contribution is -2.31. The van der Waals surface area contributed by atoms with E-state index < -0.39 is 0 Å². The van der Waals surface area contributed by atoms with Gasteiger partial charge in [0.25, 0.3) is 0 Å². The van der Waals surface area contributed by atoms with Crippen LogP contribution >= 0.6 is 0 Å². The Labute approximate surface area is 87.8 Å². The minimum Gasteiger partial charge on any atom is -0.380 e. The predicted molar refractivity (Wildman–Crippen MR) is 59.7 cm³/mol. The van der Waals surface area contributed by atoms with Crippen LogP contribution in [-0.2, 0) is 4.74 Å². The Morgan fingerprint density at radius 3 is 2.64 bits per heavy atom. The molecule has 0 aliphatic carbocycles. The maximum absolute atomic E-state index is 5.38. The van der Waals surface area contributed by atoms with Gasteiger partial charge in [0.05, 0.1) is 6.61 Å². The van der Waals surface area contributed by atoms with Crippen LogP contribution in [0, 0.1) is 0 Å². The summed E-state index contributed by atoms with van der Waals surface area (Å²) in [5.41, 5.74) is 0. The fourth-order valence-corrected chi connectivity index (χ4v) is 1.76. The molecule has 3 heteroatoms. The first-order valence-corrected chi connectivity index (χ1v) is 5.94. The zero-order chi connectivity index (χ0) is 10.1. The second-order valence-electron chi connectivity index (χ2n) is 3.91. The molecule has 0 saturated carbocycles. The maximum atomic E-state index is 5.38. The van der Waals surface area contributed by atoms with Crippen LogP contribution < -0.4 is 5.32 Å². The summed E-state index contributed by atoms with van der Waals surface area (Å²) in [6.45, 7) is 9.79. The van der Waals surface area contributed by atoms with Gasteiger partial charge < -0.3 is 15.0 Å². The van der Waals surface area contributed by atoms with Gasteiger partial charge in [-0.2, -0.15) is 0 Å². The highest BCUT2D eigenvalue weighted by Crippen LogP contribution is 2.05. The molecule has 1 aliphatic heterocycles. The fourth-order valence-electron chi connectivity index (χ4n) is 1.76. The van der Waals surface area contributed by atoms with Crippen LogP contribution in [0.25, 0.3) is 0 Å². The van der Waals surface area contributed by atoms with E-state index in [2.05, 4.69) is 17.1 Å². The second kappa shape index (κ2) is 8.21. The van der Waals surface area contributed by atoms with Crippen molar-refractivity contribution in [1.29, 1.82) is 0 Å². The van der Waals surface area contributed by atoms with E-state index >= 15 is 0 Å². The van der Waals surface area contributed by atoms with Crippen LogP contribution in [0.3, 0.4) is 0 Å². The van der Waals surface area contributed by atoms with Crippen LogP contribution in [0.15, 0.2) is 0 Å². The normalized spacial score (nSPS) is 17.8. The summed E-state index contributed by atoms with van der Waals surface area (Å²) in [5, 5.41) is 3.40. The molecular weight excluding hydrogens is 176 g/mol. The third-order valence-corrected chi connectivity index (χ3v) is 2.58. The zero-order valence-electron chi connectivity index (χ0n) is 9.43. The van der Waals surface area contributed by atoms with Crippen molar-refractivity contribution in [2.24, 2.45) is 0 Å². The molecule has 3 nitrogen and oxygen atoms in total. The standard InChI is InChI=1S/C11H24N2O/c1-2-10-14-11-6-12-5-9-13-7-3-4-8-13/h12H,2-11H2,1H3. The van der Waals surface area contributed by atoms with Gasteiger partial charge in [-0.1, -0.05) is 6.92 Å². The summed E-state index contributed by atoms with van der Waals surface area (Å²) >= 11 is 0. The van der Waals surface area contributed by atoms with E-state index in [0.29, 0.717) is 0 Å². The van der Waals surface area contributed by atoms with E-state index in [1.807, 2.05) is 0 Å². The molecule has 0 aromatic rings. The van der Waals surface area contributed by atoms with Gasteiger partial charge in [-0.05, 0) is 32.4 Å². The maximum Gasteiger partial charge on any atom is 0.0590 e. The van der Waals surface area contributed by atoms with Crippen molar-refractivity contribution in [3.05, 3.63) is 0 Å². The summed E-state index contributed by atoms with van der Waals surface area (Å²) in [6.07, 6.45) is 3.90. The SMILES string of the molecule is CCCOCCNCCN1CCCC1. The molecule has 0 amide bonds. The Bertz CT molecular complexity index is 124. The summed E-state index contributed by atoms with van der Waals surface area (Å²) in [6, 6.07) is 0. The van der Waals surface area contributed by atoms with E-state index in [-0.39, 0.29) is 0 Å². The molecule has 0 radical (unpaired) electrons. The number of hydrogen-bond donors (Lipinski definition) is 1. The molecule has 0 unspecified atom stereocenters. The highest BCUT2D eigenvalue weighted by Gasteiger charge is 2.09. The molecular formula is C11H24N2O. The Morgan fingerprint density at radius 2 is 1.93 bits per heavy atom. The van der Waals surface area contributed by atoms with Gasteiger partial charge in [-0.25, -0.2) is 0 Å². The summed E-state index contributed by atoms with van der Waals surface area (Å²) < 4.78 is 5.38. The lowest BCUT2D eigenvalue weighted by Gasteiger charge is -2.14. The second-order valence-corrected chi connectivity index (χ2v) is 3.91. The molecule has 0 atom stereocenters. The Morgan fingerprint density at radius 1 is 1.14 bits per heavy atom. The van der Waals surface area contributed by atoms with Crippen LogP contribution in [0.5, 0.6) is 0 Å². The molecule has 0 aromatic heterocycles. The number of hydrogen-bond acceptors (Lipinski definition) is 3. The van der Waals surface area contributed by atoms with Crippen molar-refractivity contribution in [3.8, 4) is 0 Å². The summed E-state index contributed by atoms with van der Waals surface area (Å²) in [4.78, 5) is 2.53. The third-order valence-electron chi connectivity index (χ3n) is 2.58. The average Bonchev–Trinajstić information content (AvgIpc) is 2.69. The van der Waals surface area contributed by atoms with Gasteiger partial charge in [-0.15, -0.1) is 0 Å². The monoisotopic (exact) mass is 200 g/mol. The van der Waals surface area contributed by atoms with E-state index in [9.17, 15) is 0 Å². The first kappa shape index (κ1) is 12.0. The molecule has 1 heterocycles. The largest absolute Gasteiger partial charge is 0.380 e. The van der Waals surface area contributed by atoms with Gasteiger partial charge in [0, 0.05) is 26.2 Å². The minimum absolute atomic E-state index is 0.855. The Balaban J connectivity index is 1.75. The lowest BCUT2D eigenvalue weighted by molar-refractivity contribution is 0.136. The van der Waals surface area contributed by atoms with Gasteiger partial charge in [0.1, 0.15) is 0 Å². The summed E-state index contributed by atoms with van der Waals surface area (Å²) in [5.74, 6) is 0. The van der Waals surface area contributed by atoms with Crippen LogP contribution in [0.2, 0.25) is 0 Å². The van der Waals surface area contributed by atoms with Gasteiger partial charge in [0.2, 0.25) is 0 Å². The molecule has 0 bridgehead atoms. The molecule has 14 heavy (non-hydrogen) atoms.